The largest absolute Gasteiger partial charge is 0.327 e. The molecular weight excluding hydrogens is 257 g/mol. The molecule has 3 rings (SSSR count). The summed E-state index contributed by atoms with van der Waals surface area (Å²) in [6, 6.07) is 5.89. The van der Waals surface area contributed by atoms with Crippen LogP contribution in [0.3, 0.4) is 0 Å². The van der Waals surface area contributed by atoms with E-state index in [1.54, 1.807) is 6.07 Å². The van der Waals surface area contributed by atoms with E-state index in [0.717, 1.165) is 19.3 Å². The van der Waals surface area contributed by atoms with Gasteiger partial charge in [0.2, 0.25) is 5.91 Å². The number of fused-ring (bicyclic) bond motifs is 2. The first-order valence-electron chi connectivity index (χ1n) is 6.87. The molecule has 0 spiro atoms. The molecule has 3 N–H and O–H groups in total. The lowest BCUT2D eigenvalue weighted by atomic mass is 9.84. The Bertz CT molecular complexity index is 593. The van der Waals surface area contributed by atoms with Gasteiger partial charge >= 0.3 is 0 Å². The van der Waals surface area contributed by atoms with Crippen molar-refractivity contribution in [3.63, 3.8) is 0 Å². The summed E-state index contributed by atoms with van der Waals surface area (Å²) in [6.07, 6.45) is 3.14. The highest BCUT2D eigenvalue weighted by atomic mass is 19.1. The van der Waals surface area contributed by atoms with Crippen LogP contribution < -0.4 is 11.1 Å². The van der Waals surface area contributed by atoms with E-state index in [0.29, 0.717) is 11.8 Å². The highest BCUT2D eigenvalue weighted by Crippen LogP contribution is 2.47. The Hall–Kier alpha value is -1.93. The number of nitrogens with two attached hydrogens (primary N) is 1. The molecule has 0 radical (unpaired) electrons. The monoisotopic (exact) mass is 273 g/mol. The lowest BCUT2D eigenvalue weighted by molar-refractivity contribution is -0.121. The van der Waals surface area contributed by atoms with Crippen molar-refractivity contribution in [3.8, 4) is 6.07 Å². The number of nitrogens with zero attached hydrogens (tertiary/aromatic N) is 1. The standard InChI is InChI=1S/C15H16FN3O/c16-11-2-1-3-12(10(11)7-17)19-15(20)13-8-4-5-9(6-8)14(13)18/h1-3,8-9,13-14H,4-6,18H2,(H,19,20). The molecule has 2 aliphatic rings. The molecule has 4 atom stereocenters. The van der Waals surface area contributed by atoms with Crippen LogP contribution in [0.15, 0.2) is 18.2 Å². The van der Waals surface area contributed by atoms with Crippen LogP contribution in [0.4, 0.5) is 10.1 Å². The second kappa shape index (κ2) is 4.88. The molecule has 5 heteroatoms. The van der Waals surface area contributed by atoms with Gasteiger partial charge in [-0.15, -0.1) is 0 Å². The first kappa shape index (κ1) is 13.1. The summed E-state index contributed by atoms with van der Waals surface area (Å²) in [5.41, 5.74) is 6.22. The predicted octanol–water partition coefficient (Wildman–Crippen LogP) is 2.01. The van der Waals surface area contributed by atoms with Gasteiger partial charge in [-0.1, -0.05) is 6.07 Å². The quantitative estimate of drug-likeness (QED) is 0.865. The molecular formula is C15H16FN3O. The van der Waals surface area contributed by atoms with Crippen LogP contribution in [0, 0.1) is 34.9 Å². The van der Waals surface area contributed by atoms with E-state index in [-0.39, 0.29) is 29.1 Å². The lowest BCUT2D eigenvalue weighted by Gasteiger charge is -2.27. The smallest absolute Gasteiger partial charge is 0.229 e. The van der Waals surface area contributed by atoms with Gasteiger partial charge in [0.25, 0.3) is 0 Å². The van der Waals surface area contributed by atoms with Crippen LogP contribution in [0.25, 0.3) is 0 Å². The van der Waals surface area contributed by atoms with Gasteiger partial charge in [0.1, 0.15) is 17.4 Å². The highest BCUT2D eigenvalue weighted by Gasteiger charge is 2.49. The van der Waals surface area contributed by atoms with E-state index in [4.69, 9.17) is 11.0 Å². The minimum atomic E-state index is -0.623. The summed E-state index contributed by atoms with van der Waals surface area (Å²) in [7, 11) is 0. The van der Waals surface area contributed by atoms with E-state index in [1.807, 2.05) is 0 Å². The number of carbonyl (C=O) groups excluding carboxylic acids is 1. The zero-order valence-electron chi connectivity index (χ0n) is 11.0. The molecule has 1 aromatic rings. The fourth-order valence-electron chi connectivity index (χ4n) is 3.68. The topological polar surface area (TPSA) is 78.9 Å². The minimum Gasteiger partial charge on any atom is -0.327 e. The van der Waals surface area contributed by atoms with E-state index in [2.05, 4.69) is 5.32 Å². The lowest BCUT2D eigenvalue weighted by Crippen LogP contribution is -2.42. The predicted molar refractivity (Wildman–Crippen MR) is 72.0 cm³/mol. The Morgan fingerprint density at radius 2 is 2.15 bits per heavy atom. The number of carbonyl (C=O) groups is 1. The van der Waals surface area contributed by atoms with Gasteiger partial charge < -0.3 is 11.1 Å². The van der Waals surface area contributed by atoms with Gasteiger partial charge in [-0.2, -0.15) is 5.26 Å². The third-order valence-electron chi connectivity index (χ3n) is 4.67. The maximum atomic E-state index is 13.5. The third kappa shape index (κ3) is 1.97. The molecule has 4 nitrogen and oxygen atoms in total. The second-order valence-corrected chi connectivity index (χ2v) is 5.70. The molecule has 2 bridgehead atoms. The number of rotatable bonds is 2. The van der Waals surface area contributed by atoms with Gasteiger partial charge in [-0.3, -0.25) is 4.79 Å². The summed E-state index contributed by atoms with van der Waals surface area (Å²) in [5, 5.41) is 11.6. The average molecular weight is 273 g/mol. The van der Waals surface area contributed by atoms with Crippen molar-refractivity contribution >= 4 is 11.6 Å². The molecule has 104 valence electrons. The summed E-state index contributed by atoms with van der Waals surface area (Å²) < 4.78 is 13.5. The summed E-state index contributed by atoms with van der Waals surface area (Å²) in [5.74, 6) is -0.273. The van der Waals surface area contributed by atoms with Crippen LogP contribution in [-0.2, 0) is 4.79 Å². The summed E-state index contributed by atoms with van der Waals surface area (Å²) in [4.78, 5) is 12.4. The van der Waals surface area contributed by atoms with Crippen LogP contribution in [0.5, 0.6) is 0 Å². The Balaban J connectivity index is 1.81. The van der Waals surface area contributed by atoms with Crippen LogP contribution in [-0.4, -0.2) is 11.9 Å². The molecule has 1 aromatic carbocycles. The third-order valence-corrected chi connectivity index (χ3v) is 4.67. The number of nitriles is 1. The fraction of sp³-hybridized carbons (Fsp3) is 0.467. The molecule has 2 saturated carbocycles. The maximum absolute atomic E-state index is 13.5. The van der Waals surface area contributed by atoms with E-state index in [9.17, 15) is 9.18 Å². The van der Waals surface area contributed by atoms with Gasteiger partial charge in [0.05, 0.1) is 11.6 Å². The van der Waals surface area contributed by atoms with Crippen molar-refractivity contribution in [3.05, 3.63) is 29.6 Å². The van der Waals surface area contributed by atoms with Crippen LogP contribution in [0.1, 0.15) is 24.8 Å². The van der Waals surface area contributed by atoms with Crippen molar-refractivity contribution < 1.29 is 9.18 Å². The van der Waals surface area contributed by atoms with Crippen molar-refractivity contribution in [2.75, 3.05) is 5.32 Å². The van der Waals surface area contributed by atoms with E-state index in [1.165, 1.54) is 18.2 Å². The first-order chi connectivity index (χ1) is 9.61. The molecule has 0 aromatic heterocycles. The average Bonchev–Trinajstić information content (AvgIpc) is 2.99. The van der Waals surface area contributed by atoms with E-state index >= 15 is 0 Å². The zero-order valence-corrected chi connectivity index (χ0v) is 11.0. The van der Waals surface area contributed by atoms with E-state index < -0.39 is 5.82 Å². The first-order valence-corrected chi connectivity index (χ1v) is 6.87. The Morgan fingerprint density at radius 1 is 1.40 bits per heavy atom. The molecule has 0 saturated heterocycles. The molecule has 1 amide bonds. The second-order valence-electron chi connectivity index (χ2n) is 5.70. The van der Waals surface area contributed by atoms with Crippen LogP contribution >= 0.6 is 0 Å². The number of nitrogens with one attached hydrogen (secondary N) is 1. The summed E-state index contributed by atoms with van der Waals surface area (Å²) in [6.45, 7) is 0. The molecule has 0 heterocycles. The number of anilines is 1. The summed E-state index contributed by atoms with van der Waals surface area (Å²) >= 11 is 0. The van der Waals surface area contributed by atoms with Crippen LogP contribution in [0.2, 0.25) is 0 Å². The number of hydrogen-bond acceptors (Lipinski definition) is 3. The maximum Gasteiger partial charge on any atom is 0.229 e. The van der Waals surface area contributed by atoms with Crippen molar-refractivity contribution in [2.45, 2.75) is 25.3 Å². The molecule has 2 fully saturated rings. The number of amides is 1. The van der Waals surface area contributed by atoms with Crippen molar-refractivity contribution in [1.29, 1.82) is 5.26 Å². The highest BCUT2D eigenvalue weighted by molar-refractivity contribution is 5.94. The Labute approximate surface area is 116 Å². The minimum absolute atomic E-state index is 0.118. The van der Waals surface area contributed by atoms with Crippen molar-refractivity contribution in [1.82, 2.24) is 0 Å². The van der Waals surface area contributed by atoms with Crippen molar-refractivity contribution in [2.24, 2.45) is 23.5 Å². The zero-order chi connectivity index (χ0) is 14.3. The van der Waals surface area contributed by atoms with Gasteiger partial charge in [0, 0.05) is 6.04 Å². The molecule has 2 aliphatic carbocycles. The molecule has 4 unspecified atom stereocenters. The number of benzene rings is 1. The number of halogens is 1. The molecule has 20 heavy (non-hydrogen) atoms. The SMILES string of the molecule is N#Cc1c(F)cccc1NC(=O)C1C2CCC(C2)C1N. The van der Waals surface area contributed by atoms with Gasteiger partial charge in [-0.25, -0.2) is 4.39 Å². The van der Waals surface area contributed by atoms with Gasteiger partial charge in [-0.05, 0) is 43.2 Å². The van der Waals surface area contributed by atoms with Gasteiger partial charge in [0.15, 0.2) is 0 Å². The molecule has 0 aliphatic heterocycles. The number of hydrogen-bond donors (Lipinski definition) is 2. The Morgan fingerprint density at radius 3 is 2.80 bits per heavy atom. The fourth-order valence-corrected chi connectivity index (χ4v) is 3.68. The Kier molecular flexibility index (Phi) is 3.19. The normalized spacial score (nSPS) is 31.1.